The molecule has 168 valence electrons. The van der Waals surface area contributed by atoms with Crippen LogP contribution in [0.25, 0.3) is 10.9 Å². The molecule has 0 aliphatic carbocycles. The molecule has 1 aliphatic rings. The highest BCUT2D eigenvalue weighted by Gasteiger charge is 2.17. The van der Waals surface area contributed by atoms with Gasteiger partial charge in [-0.2, -0.15) is 0 Å². The molecule has 1 atom stereocenters. The highest BCUT2D eigenvalue weighted by Crippen LogP contribution is 2.31. The van der Waals surface area contributed by atoms with Crippen molar-refractivity contribution in [3.8, 4) is 0 Å². The summed E-state index contributed by atoms with van der Waals surface area (Å²) >= 11 is 1.08. The van der Waals surface area contributed by atoms with Crippen LogP contribution in [0.2, 0.25) is 0 Å². The maximum atomic E-state index is 14.1. The van der Waals surface area contributed by atoms with Gasteiger partial charge in [-0.15, -0.1) is 0 Å². The molecule has 1 N–H and O–H groups in total. The highest BCUT2D eigenvalue weighted by atomic mass is 32.2. The number of amides is 1. The molecule has 0 spiro atoms. The molecule has 1 fully saturated rings. The predicted octanol–water partition coefficient (Wildman–Crippen LogP) is 5.52. The summed E-state index contributed by atoms with van der Waals surface area (Å²) in [7, 11) is 0. The van der Waals surface area contributed by atoms with Crippen LogP contribution in [-0.4, -0.2) is 42.0 Å². The van der Waals surface area contributed by atoms with Crippen LogP contribution in [0, 0.1) is 17.6 Å². The van der Waals surface area contributed by atoms with Gasteiger partial charge in [-0.05, 0) is 62.5 Å². The number of nitrogens with zero attached hydrogens (tertiary/aromatic N) is 2. The fraction of sp³-hybridized carbons (Fsp3) is 0.360. The van der Waals surface area contributed by atoms with E-state index < -0.39 is 11.6 Å². The average molecular weight is 456 g/mol. The van der Waals surface area contributed by atoms with Crippen molar-refractivity contribution in [3.63, 3.8) is 0 Å². The molecule has 2 heterocycles. The maximum Gasteiger partial charge on any atom is 0.252 e. The van der Waals surface area contributed by atoms with E-state index >= 15 is 0 Å². The zero-order chi connectivity index (χ0) is 22.5. The molecule has 0 unspecified atom stereocenters. The Labute approximate surface area is 191 Å². The Kier molecular flexibility index (Phi) is 7.37. The normalized spacial score (nSPS) is 16.9. The van der Waals surface area contributed by atoms with Gasteiger partial charge in [0.25, 0.3) is 5.91 Å². The van der Waals surface area contributed by atoms with Gasteiger partial charge in [0.05, 0.1) is 11.1 Å². The lowest BCUT2D eigenvalue weighted by Gasteiger charge is -2.30. The SMILES string of the molecule is C[C@H]1CCCN(CCCNC(=O)c2cc(Sc3ccc(F)cc3F)nc3ccccc23)C1. The van der Waals surface area contributed by atoms with E-state index in [2.05, 4.69) is 22.1 Å². The van der Waals surface area contributed by atoms with Gasteiger partial charge in [0, 0.05) is 29.4 Å². The second-order valence-corrected chi connectivity index (χ2v) is 9.42. The fourth-order valence-corrected chi connectivity index (χ4v) is 4.99. The Hall–Kier alpha value is -2.51. The average Bonchev–Trinajstić information content (AvgIpc) is 2.78. The largest absolute Gasteiger partial charge is 0.352 e. The lowest BCUT2D eigenvalue weighted by molar-refractivity contribution is 0.0951. The smallest absolute Gasteiger partial charge is 0.252 e. The summed E-state index contributed by atoms with van der Waals surface area (Å²) in [6.07, 6.45) is 3.43. The third kappa shape index (κ3) is 5.64. The van der Waals surface area contributed by atoms with Crippen molar-refractivity contribution in [2.24, 2.45) is 5.92 Å². The van der Waals surface area contributed by atoms with Crippen LogP contribution >= 0.6 is 11.8 Å². The van der Waals surface area contributed by atoms with E-state index in [9.17, 15) is 13.6 Å². The first-order valence-electron chi connectivity index (χ1n) is 11.0. The van der Waals surface area contributed by atoms with Gasteiger partial charge in [-0.3, -0.25) is 4.79 Å². The molecule has 32 heavy (non-hydrogen) atoms. The number of para-hydroxylation sites is 1. The van der Waals surface area contributed by atoms with Crippen LogP contribution in [0.4, 0.5) is 8.78 Å². The van der Waals surface area contributed by atoms with Crippen LogP contribution in [0.1, 0.15) is 36.5 Å². The summed E-state index contributed by atoms with van der Waals surface area (Å²) in [5.74, 6) is -0.708. The maximum absolute atomic E-state index is 14.1. The van der Waals surface area contributed by atoms with Gasteiger partial charge < -0.3 is 10.2 Å². The molecule has 3 aromatic rings. The minimum atomic E-state index is -0.650. The summed E-state index contributed by atoms with van der Waals surface area (Å²) in [5.41, 5.74) is 1.17. The summed E-state index contributed by atoms with van der Waals surface area (Å²) < 4.78 is 27.3. The molecule has 7 heteroatoms. The molecule has 0 saturated carbocycles. The molecule has 2 aromatic carbocycles. The zero-order valence-electron chi connectivity index (χ0n) is 18.1. The Morgan fingerprint density at radius 3 is 2.88 bits per heavy atom. The Bertz CT molecular complexity index is 1110. The Morgan fingerprint density at radius 1 is 1.22 bits per heavy atom. The number of pyridine rings is 1. The molecule has 0 radical (unpaired) electrons. The van der Waals surface area contributed by atoms with E-state index in [-0.39, 0.29) is 10.8 Å². The van der Waals surface area contributed by atoms with Crippen molar-refractivity contribution in [1.82, 2.24) is 15.2 Å². The summed E-state index contributed by atoms with van der Waals surface area (Å²) in [6, 6.07) is 12.5. The van der Waals surface area contributed by atoms with E-state index in [0.717, 1.165) is 55.2 Å². The molecule has 1 aliphatic heterocycles. The number of hydrogen-bond acceptors (Lipinski definition) is 4. The molecular formula is C25H27F2N3OS. The molecule has 4 nitrogen and oxygen atoms in total. The van der Waals surface area contributed by atoms with Gasteiger partial charge in [-0.25, -0.2) is 13.8 Å². The minimum Gasteiger partial charge on any atom is -0.352 e. The third-order valence-corrected chi connectivity index (χ3v) is 6.69. The van der Waals surface area contributed by atoms with E-state index in [1.807, 2.05) is 24.3 Å². The number of fused-ring (bicyclic) bond motifs is 1. The van der Waals surface area contributed by atoms with Gasteiger partial charge in [0.1, 0.15) is 16.7 Å². The minimum absolute atomic E-state index is 0.169. The van der Waals surface area contributed by atoms with Crippen molar-refractivity contribution in [3.05, 3.63) is 65.7 Å². The number of likely N-dealkylation sites (tertiary alicyclic amines) is 1. The monoisotopic (exact) mass is 455 g/mol. The molecule has 1 amide bonds. The number of piperidine rings is 1. The molecule has 1 aromatic heterocycles. The lowest BCUT2D eigenvalue weighted by atomic mass is 10.0. The van der Waals surface area contributed by atoms with Crippen molar-refractivity contribution < 1.29 is 13.6 Å². The molecule has 4 rings (SSSR count). The Morgan fingerprint density at radius 2 is 2.06 bits per heavy atom. The van der Waals surface area contributed by atoms with Crippen molar-refractivity contribution in [1.29, 1.82) is 0 Å². The van der Waals surface area contributed by atoms with Crippen LogP contribution in [0.5, 0.6) is 0 Å². The summed E-state index contributed by atoms with van der Waals surface area (Å²) in [5, 5.41) is 4.26. The highest BCUT2D eigenvalue weighted by molar-refractivity contribution is 7.99. The standard InChI is InChI=1S/C25H27F2N3OS/c1-17-6-4-12-30(16-17)13-5-11-28-25(31)20-15-24(29-22-8-3-2-7-19(20)22)32-23-10-9-18(26)14-21(23)27/h2-3,7-10,14-15,17H,4-6,11-13,16H2,1H3,(H,28,31)/t17-/m0/s1. The van der Waals surface area contributed by atoms with E-state index in [0.29, 0.717) is 22.7 Å². The van der Waals surface area contributed by atoms with Crippen LogP contribution in [-0.2, 0) is 0 Å². The number of halogens is 2. The van der Waals surface area contributed by atoms with Gasteiger partial charge >= 0.3 is 0 Å². The lowest BCUT2D eigenvalue weighted by Crippen LogP contribution is -2.36. The van der Waals surface area contributed by atoms with Crippen LogP contribution < -0.4 is 5.32 Å². The number of benzene rings is 2. The van der Waals surface area contributed by atoms with Crippen molar-refractivity contribution in [2.45, 2.75) is 36.1 Å². The first kappa shape index (κ1) is 22.7. The predicted molar refractivity (Wildman–Crippen MR) is 124 cm³/mol. The molecular weight excluding hydrogens is 428 g/mol. The second-order valence-electron chi connectivity index (χ2n) is 8.36. The van der Waals surface area contributed by atoms with E-state index in [1.165, 1.54) is 25.0 Å². The Balaban J connectivity index is 1.46. The number of carbonyl (C=O) groups is 1. The quantitative estimate of drug-likeness (QED) is 0.477. The van der Waals surface area contributed by atoms with Crippen LogP contribution in [0.3, 0.4) is 0 Å². The van der Waals surface area contributed by atoms with Crippen molar-refractivity contribution in [2.75, 3.05) is 26.2 Å². The number of aromatic nitrogens is 1. The summed E-state index contributed by atoms with van der Waals surface area (Å²) in [4.78, 5) is 20.3. The van der Waals surface area contributed by atoms with Crippen LogP contribution in [0.15, 0.2) is 58.5 Å². The first-order valence-corrected chi connectivity index (χ1v) is 11.8. The van der Waals surface area contributed by atoms with E-state index in [4.69, 9.17) is 0 Å². The number of carbonyl (C=O) groups excluding carboxylic acids is 1. The number of nitrogens with one attached hydrogen (secondary N) is 1. The second kappa shape index (κ2) is 10.4. The third-order valence-electron chi connectivity index (χ3n) is 5.72. The van der Waals surface area contributed by atoms with Gasteiger partial charge in [-0.1, -0.05) is 36.9 Å². The topological polar surface area (TPSA) is 45.2 Å². The number of rotatable bonds is 7. The molecule has 1 saturated heterocycles. The van der Waals surface area contributed by atoms with Gasteiger partial charge in [0.15, 0.2) is 0 Å². The molecule has 0 bridgehead atoms. The van der Waals surface area contributed by atoms with Crippen molar-refractivity contribution >= 4 is 28.6 Å². The zero-order valence-corrected chi connectivity index (χ0v) is 18.9. The first-order chi connectivity index (χ1) is 15.5. The fourth-order valence-electron chi connectivity index (χ4n) is 4.15. The number of hydrogen-bond donors (Lipinski definition) is 1. The van der Waals surface area contributed by atoms with E-state index in [1.54, 1.807) is 6.07 Å². The summed E-state index contributed by atoms with van der Waals surface area (Å²) in [6.45, 7) is 6.12. The van der Waals surface area contributed by atoms with Gasteiger partial charge in [0.2, 0.25) is 0 Å².